The van der Waals surface area contributed by atoms with E-state index in [-0.39, 0.29) is 17.7 Å². The van der Waals surface area contributed by atoms with E-state index in [1.165, 1.54) is 24.3 Å². The van der Waals surface area contributed by atoms with Crippen molar-refractivity contribution in [1.82, 2.24) is 15.2 Å². The first-order valence-electron chi connectivity index (χ1n) is 7.96. The number of aromatic hydroxyl groups is 1. The van der Waals surface area contributed by atoms with Crippen LogP contribution in [0, 0.1) is 5.92 Å². The summed E-state index contributed by atoms with van der Waals surface area (Å²) in [5.41, 5.74) is 0.878. The lowest BCUT2D eigenvalue weighted by molar-refractivity contribution is 0.0909. The number of phenolic OH excluding ortho intramolecular Hbond substituents is 1. The van der Waals surface area contributed by atoms with Gasteiger partial charge < -0.3 is 15.3 Å². The van der Waals surface area contributed by atoms with Crippen LogP contribution in [0.1, 0.15) is 22.6 Å². The van der Waals surface area contributed by atoms with Crippen LogP contribution >= 0.6 is 11.3 Å². The zero-order valence-electron chi connectivity index (χ0n) is 12.7. The highest BCUT2D eigenvalue weighted by molar-refractivity contribution is 7.16. The van der Waals surface area contributed by atoms with Crippen LogP contribution in [0.3, 0.4) is 0 Å². The van der Waals surface area contributed by atoms with Gasteiger partial charge in [0, 0.05) is 25.3 Å². The topological polar surface area (TPSA) is 65.5 Å². The second kappa shape index (κ2) is 5.94. The summed E-state index contributed by atoms with van der Waals surface area (Å²) < 4.78 is 0. The number of nitrogens with one attached hydrogen (secondary N) is 1. The molecule has 2 fully saturated rings. The van der Waals surface area contributed by atoms with E-state index in [0.29, 0.717) is 5.01 Å². The Hall–Kier alpha value is -1.92. The smallest absolute Gasteiger partial charge is 0.280 e. The molecule has 1 aromatic carbocycles. The van der Waals surface area contributed by atoms with Crippen molar-refractivity contribution in [2.24, 2.45) is 5.92 Å². The highest BCUT2D eigenvalue weighted by Crippen LogP contribution is 2.29. The third kappa shape index (κ3) is 3.09. The Labute approximate surface area is 139 Å². The number of benzene rings is 1. The van der Waals surface area contributed by atoms with E-state index < -0.39 is 0 Å². The molecule has 120 valence electrons. The van der Waals surface area contributed by atoms with Crippen LogP contribution in [-0.2, 0) is 0 Å². The number of fused-ring (bicyclic) bond motifs is 2. The Bertz CT molecular complexity index is 718. The monoisotopic (exact) mass is 329 g/mol. The number of hydrogen-bond donors (Lipinski definition) is 2. The molecule has 2 N–H and O–H groups in total. The number of amides is 1. The second-order valence-corrected chi connectivity index (χ2v) is 7.43. The minimum Gasteiger partial charge on any atom is -0.508 e. The van der Waals surface area contributed by atoms with Crippen molar-refractivity contribution in [3.63, 3.8) is 0 Å². The standard InChI is InChI=1S/C17H19N3O2S/c21-14-3-1-2-12(7-14)15-8-18-17(23-15)16(22)19-13-6-11-4-5-20(9-11)10-13/h1-3,7-8,11,13,21H,4-6,9-10H2,(H,19,22)/t11-,13+/m0/s1. The van der Waals surface area contributed by atoms with Crippen LogP contribution in [0.25, 0.3) is 10.4 Å². The van der Waals surface area contributed by atoms with Crippen molar-refractivity contribution in [3.8, 4) is 16.2 Å². The molecule has 2 aromatic rings. The summed E-state index contributed by atoms with van der Waals surface area (Å²) in [7, 11) is 0. The largest absolute Gasteiger partial charge is 0.508 e. The predicted molar refractivity (Wildman–Crippen MR) is 89.6 cm³/mol. The molecule has 2 bridgehead atoms. The SMILES string of the molecule is O=C(N[C@@H]1C[C@@H]2CCN(C2)C1)c1ncc(-c2cccc(O)c2)s1. The molecule has 3 atom stereocenters. The van der Waals surface area contributed by atoms with Crippen molar-refractivity contribution >= 4 is 17.2 Å². The maximum Gasteiger partial charge on any atom is 0.280 e. The molecule has 2 aliphatic rings. The number of rotatable bonds is 3. The van der Waals surface area contributed by atoms with Gasteiger partial charge in [-0.2, -0.15) is 0 Å². The fourth-order valence-corrected chi connectivity index (χ4v) is 4.40. The Morgan fingerprint density at radius 2 is 2.30 bits per heavy atom. The summed E-state index contributed by atoms with van der Waals surface area (Å²) in [6.45, 7) is 3.30. The molecular weight excluding hydrogens is 310 g/mol. The first kappa shape index (κ1) is 14.7. The predicted octanol–water partition coefficient (Wildman–Crippen LogP) is 2.34. The van der Waals surface area contributed by atoms with E-state index in [4.69, 9.17) is 0 Å². The van der Waals surface area contributed by atoms with Crippen molar-refractivity contribution in [3.05, 3.63) is 35.5 Å². The summed E-state index contributed by atoms with van der Waals surface area (Å²) in [6, 6.07) is 7.24. The van der Waals surface area contributed by atoms with Gasteiger partial charge >= 0.3 is 0 Å². The van der Waals surface area contributed by atoms with Gasteiger partial charge in [0.2, 0.25) is 0 Å². The van der Waals surface area contributed by atoms with Crippen molar-refractivity contribution < 1.29 is 9.90 Å². The first-order chi connectivity index (χ1) is 11.2. The Morgan fingerprint density at radius 1 is 1.39 bits per heavy atom. The number of thiazole rings is 1. The zero-order chi connectivity index (χ0) is 15.8. The third-order valence-electron chi connectivity index (χ3n) is 4.63. The summed E-state index contributed by atoms with van der Waals surface area (Å²) in [6.07, 6.45) is 4.03. The van der Waals surface area contributed by atoms with E-state index in [1.807, 2.05) is 6.07 Å². The second-order valence-electron chi connectivity index (χ2n) is 6.40. The number of carbonyl (C=O) groups is 1. The Balaban J connectivity index is 1.45. The number of nitrogens with zero attached hydrogens (tertiary/aromatic N) is 2. The van der Waals surface area contributed by atoms with Gasteiger partial charge in [-0.1, -0.05) is 12.1 Å². The number of carbonyl (C=O) groups excluding carboxylic acids is 1. The van der Waals surface area contributed by atoms with E-state index >= 15 is 0 Å². The van der Waals surface area contributed by atoms with Gasteiger partial charge in [0.15, 0.2) is 5.01 Å². The molecule has 2 saturated heterocycles. The van der Waals surface area contributed by atoms with Crippen LogP contribution in [0.5, 0.6) is 5.75 Å². The zero-order valence-corrected chi connectivity index (χ0v) is 13.6. The first-order valence-corrected chi connectivity index (χ1v) is 8.77. The highest BCUT2D eigenvalue weighted by atomic mass is 32.1. The van der Waals surface area contributed by atoms with E-state index in [0.717, 1.165) is 35.9 Å². The molecule has 0 saturated carbocycles. The molecule has 1 aromatic heterocycles. The van der Waals surface area contributed by atoms with Crippen molar-refractivity contribution in [2.75, 3.05) is 19.6 Å². The van der Waals surface area contributed by atoms with E-state index in [2.05, 4.69) is 15.2 Å². The molecule has 0 radical (unpaired) electrons. The summed E-state index contributed by atoms with van der Waals surface area (Å²) in [4.78, 5) is 20.0. The number of aromatic nitrogens is 1. The van der Waals surface area contributed by atoms with Gasteiger partial charge in [0.1, 0.15) is 5.75 Å². The maximum atomic E-state index is 12.4. The quantitative estimate of drug-likeness (QED) is 0.907. The van der Waals surface area contributed by atoms with Gasteiger partial charge in [-0.05, 0) is 43.0 Å². The molecule has 6 heteroatoms. The number of phenols is 1. The molecule has 0 aliphatic carbocycles. The average Bonchev–Trinajstić information content (AvgIpc) is 3.14. The summed E-state index contributed by atoms with van der Waals surface area (Å²) >= 11 is 1.36. The van der Waals surface area contributed by atoms with Gasteiger partial charge in [0.05, 0.1) is 4.88 Å². The lowest BCUT2D eigenvalue weighted by Gasteiger charge is -2.30. The molecule has 2 aliphatic heterocycles. The van der Waals surface area contributed by atoms with Crippen molar-refractivity contribution in [2.45, 2.75) is 18.9 Å². The van der Waals surface area contributed by atoms with Crippen LogP contribution in [0.4, 0.5) is 0 Å². The van der Waals surface area contributed by atoms with Gasteiger partial charge in [0.25, 0.3) is 5.91 Å². The van der Waals surface area contributed by atoms with Crippen LogP contribution in [-0.4, -0.2) is 46.6 Å². The van der Waals surface area contributed by atoms with E-state index in [1.54, 1.807) is 24.4 Å². The molecule has 5 nitrogen and oxygen atoms in total. The molecule has 1 amide bonds. The fourth-order valence-electron chi connectivity index (χ4n) is 3.58. The van der Waals surface area contributed by atoms with Gasteiger partial charge in [-0.15, -0.1) is 11.3 Å². The molecule has 23 heavy (non-hydrogen) atoms. The maximum absolute atomic E-state index is 12.4. The van der Waals surface area contributed by atoms with Crippen LogP contribution < -0.4 is 5.32 Å². The minimum absolute atomic E-state index is 0.0890. The minimum atomic E-state index is -0.0890. The van der Waals surface area contributed by atoms with E-state index in [9.17, 15) is 9.90 Å². The summed E-state index contributed by atoms with van der Waals surface area (Å²) in [5.74, 6) is 0.857. The molecule has 0 spiro atoms. The van der Waals surface area contributed by atoms with Gasteiger partial charge in [-0.3, -0.25) is 4.79 Å². The Kier molecular flexibility index (Phi) is 3.79. The molecule has 1 unspecified atom stereocenters. The molecule has 3 heterocycles. The summed E-state index contributed by atoms with van der Waals surface area (Å²) in [5, 5.41) is 13.2. The number of piperidine rings is 1. The van der Waals surface area contributed by atoms with Crippen LogP contribution in [0.15, 0.2) is 30.5 Å². The normalized spacial score (nSPS) is 26.2. The van der Waals surface area contributed by atoms with Gasteiger partial charge in [-0.25, -0.2) is 4.98 Å². The Morgan fingerprint density at radius 3 is 3.13 bits per heavy atom. The van der Waals surface area contributed by atoms with Crippen molar-refractivity contribution in [1.29, 1.82) is 0 Å². The highest BCUT2D eigenvalue weighted by Gasteiger charge is 2.33. The lowest BCUT2D eigenvalue weighted by atomic mass is 9.97. The average molecular weight is 329 g/mol. The third-order valence-corrected chi connectivity index (χ3v) is 5.68. The fraction of sp³-hybridized carbons (Fsp3) is 0.412. The van der Waals surface area contributed by atoms with Crippen LogP contribution in [0.2, 0.25) is 0 Å². The molecular formula is C17H19N3O2S. The number of hydrogen-bond acceptors (Lipinski definition) is 5. The molecule has 4 rings (SSSR count). The lowest BCUT2D eigenvalue weighted by Crippen LogP contribution is -2.46.